The van der Waals surface area contributed by atoms with Gasteiger partial charge in [-0.1, -0.05) is 92.7 Å². The molecule has 3 aromatic carbocycles. The van der Waals surface area contributed by atoms with Crippen LogP contribution in [0.3, 0.4) is 0 Å². The first-order chi connectivity index (χ1) is 18.7. The van der Waals surface area contributed by atoms with E-state index in [1.54, 1.807) is 0 Å². The van der Waals surface area contributed by atoms with Crippen molar-refractivity contribution >= 4 is 46.4 Å². The van der Waals surface area contributed by atoms with Crippen LogP contribution in [-0.4, -0.2) is 15.8 Å². The Morgan fingerprint density at radius 3 is 2.52 bits per heavy atom. The van der Waals surface area contributed by atoms with Crippen LogP contribution >= 0.6 is 23.4 Å². The first kappa shape index (κ1) is 30.4. The molecule has 1 heterocycles. The first-order valence-electron chi connectivity index (χ1n) is 14.0. The number of fused-ring (bicyclic) bond motifs is 1. The van der Waals surface area contributed by atoms with E-state index >= 15 is 0 Å². The average molecular weight is 572 g/mol. The van der Waals surface area contributed by atoms with Gasteiger partial charge in [-0.15, -0.1) is 0 Å². The zero-order valence-corrected chi connectivity index (χ0v) is 24.7. The van der Waals surface area contributed by atoms with E-state index in [1.165, 1.54) is 41.7 Å². The van der Waals surface area contributed by atoms with Crippen LogP contribution in [0.5, 0.6) is 0 Å². The molecule has 1 N–H and O–H groups in total. The number of hydrogen-bond donors (Lipinski definition) is 1. The monoisotopic (exact) mass is 571 g/mol. The lowest BCUT2D eigenvalue weighted by Crippen LogP contribution is -2.18. The quantitative estimate of drug-likeness (QED) is 0.194. The maximum Gasteiger partial charge on any atom is 0.0843 e. The van der Waals surface area contributed by atoms with Gasteiger partial charge in [0, 0.05) is 15.7 Å². The van der Waals surface area contributed by atoms with Gasteiger partial charge in [-0.3, -0.25) is 0 Å². The van der Waals surface area contributed by atoms with Crippen molar-refractivity contribution in [1.29, 1.82) is 0 Å². The normalized spacial score (nSPS) is 15.2. The van der Waals surface area contributed by atoms with Crippen molar-refractivity contribution in [3.05, 3.63) is 112 Å². The van der Waals surface area contributed by atoms with Crippen molar-refractivity contribution < 1.29 is 5.11 Å². The van der Waals surface area contributed by atoms with Crippen molar-refractivity contribution in [2.45, 2.75) is 71.2 Å². The molecule has 0 radical (unpaired) electrons. The average Bonchev–Trinajstić information content (AvgIpc) is 3.72. The van der Waals surface area contributed by atoms with E-state index in [0.717, 1.165) is 35.0 Å². The molecule has 4 aromatic rings. The van der Waals surface area contributed by atoms with Gasteiger partial charge in [-0.25, -0.2) is 4.98 Å². The number of rotatable bonds is 11. The highest BCUT2D eigenvalue weighted by atomic mass is 35.5. The second-order valence-corrected chi connectivity index (χ2v) is 13.1. The summed E-state index contributed by atoms with van der Waals surface area (Å²) < 4.78 is 0. The Kier molecular flexibility index (Phi) is 9.82. The van der Waals surface area contributed by atoms with Gasteiger partial charge in [0.15, 0.2) is 0 Å². The Hall–Kier alpha value is -2.59. The third-order valence-electron chi connectivity index (χ3n) is 8.05. The fourth-order valence-corrected chi connectivity index (χ4v) is 7.10. The van der Waals surface area contributed by atoms with Crippen LogP contribution in [0.2, 0.25) is 5.02 Å². The Morgan fingerprint density at radius 1 is 1.00 bits per heavy atom. The SMILES string of the molecule is C.CCC1(CS[C@H](CCc2ccccc2C(C)(C)O)c2cccc(/C=C/c3ccc4ccc(Cl)cc4n3)c2)CC1. The van der Waals surface area contributed by atoms with E-state index in [-0.39, 0.29) is 7.43 Å². The molecule has 1 saturated carbocycles. The number of nitrogens with zero attached hydrogens (tertiary/aromatic N) is 1. The minimum absolute atomic E-state index is 0. The summed E-state index contributed by atoms with van der Waals surface area (Å²) in [5, 5.41) is 12.9. The molecule has 2 nitrogen and oxygen atoms in total. The van der Waals surface area contributed by atoms with Gasteiger partial charge in [-0.05, 0) is 104 Å². The molecular formula is C36H42ClNOS. The fraction of sp³-hybridized carbons (Fsp3) is 0.361. The van der Waals surface area contributed by atoms with Crippen LogP contribution in [0, 0.1) is 5.41 Å². The number of benzene rings is 3. The number of halogens is 1. The second-order valence-electron chi connectivity index (χ2n) is 11.5. The van der Waals surface area contributed by atoms with E-state index in [4.69, 9.17) is 16.6 Å². The highest BCUT2D eigenvalue weighted by Gasteiger charge is 2.40. The van der Waals surface area contributed by atoms with Gasteiger partial charge in [0.1, 0.15) is 0 Å². The smallest absolute Gasteiger partial charge is 0.0843 e. The lowest BCUT2D eigenvalue weighted by Gasteiger charge is -2.24. The molecule has 5 rings (SSSR count). The number of aliphatic hydroxyl groups is 1. The van der Waals surface area contributed by atoms with Crippen LogP contribution in [0.1, 0.15) is 87.1 Å². The molecule has 1 aliphatic carbocycles. The molecule has 0 saturated heterocycles. The molecular weight excluding hydrogens is 530 g/mol. The summed E-state index contributed by atoms with van der Waals surface area (Å²) in [6.07, 6.45) is 10.2. The number of aryl methyl sites for hydroxylation is 1. The van der Waals surface area contributed by atoms with Gasteiger partial charge in [0.05, 0.1) is 16.8 Å². The minimum Gasteiger partial charge on any atom is -0.386 e. The minimum atomic E-state index is -0.841. The Balaban J connectivity index is 0.00000370. The third-order valence-corrected chi connectivity index (χ3v) is 9.98. The topological polar surface area (TPSA) is 33.1 Å². The predicted octanol–water partition coefficient (Wildman–Crippen LogP) is 10.5. The van der Waals surface area contributed by atoms with Crippen molar-refractivity contribution in [1.82, 2.24) is 4.98 Å². The van der Waals surface area contributed by atoms with Gasteiger partial charge in [0.2, 0.25) is 0 Å². The van der Waals surface area contributed by atoms with Crippen LogP contribution in [-0.2, 0) is 12.0 Å². The summed E-state index contributed by atoms with van der Waals surface area (Å²) in [7, 11) is 0. The molecule has 4 heteroatoms. The van der Waals surface area contributed by atoms with Gasteiger partial charge < -0.3 is 5.11 Å². The summed E-state index contributed by atoms with van der Waals surface area (Å²) in [5.41, 5.74) is 6.34. The summed E-state index contributed by atoms with van der Waals surface area (Å²) in [6, 6.07) is 27.3. The maximum absolute atomic E-state index is 10.7. The third kappa shape index (κ3) is 7.57. The zero-order chi connectivity index (χ0) is 27.5. The molecule has 40 heavy (non-hydrogen) atoms. The van der Waals surface area contributed by atoms with E-state index in [0.29, 0.717) is 15.7 Å². The van der Waals surface area contributed by atoms with E-state index in [2.05, 4.69) is 85.4 Å². The number of thioether (sulfide) groups is 1. The molecule has 1 aromatic heterocycles. The molecule has 0 amide bonds. The lowest BCUT2D eigenvalue weighted by atomic mass is 9.90. The molecule has 0 aliphatic heterocycles. The standard InChI is InChI=1S/C35H38ClNOS.CH4/c1-4-35(20-21-35)24-39-33(19-15-26-9-5-6-11-31(26)34(2,3)38)28-10-7-8-25(22-28)12-17-30-18-14-27-13-16-29(36)23-32(27)37-30;/h5-14,16-18,22-23,33,38H,4,15,19-21,24H2,1-3H3;1H4/b17-12+;/t33-;/m1./s1. The number of hydrogen-bond acceptors (Lipinski definition) is 3. The predicted molar refractivity (Wildman–Crippen MR) is 176 cm³/mol. The second kappa shape index (κ2) is 12.9. The number of pyridine rings is 1. The van der Waals surface area contributed by atoms with E-state index < -0.39 is 5.60 Å². The Bertz CT molecular complexity index is 1470. The summed E-state index contributed by atoms with van der Waals surface area (Å²) in [4.78, 5) is 4.78. The zero-order valence-electron chi connectivity index (χ0n) is 23.2. The van der Waals surface area contributed by atoms with Crippen molar-refractivity contribution in [3.8, 4) is 0 Å². The molecule has 0 bridgehead atoms. The first-order valence-corrected chi connectivity index (χ1v) is 15.4. The van der Waals surface area contributed by atoms with Crippen LogP contribution in [0.25, 0.3) is 23.1 Å². The van der Waals surface area contributed by atoms with Gasteiger partial charge >= 0.3 is 0 Å². The lowest BCUT2D eigenvalue weighted by molar-refractivity contribution is 0.0776. The molecule has 1 fully saturated rings. The van der Waals surface area contributed by atoms with Crippen LogP contribution in [0.15, 0.2) is 78.9 Å². The van der Waals surface area contributed by atoms with Crippen LogP contribution < -0.4 is 0 Å². The molecule has 0 unspecified atom stereocenters. The molecule has 210 valence electrons. The van der Waals surface area contributed by atoms with E-state index in [1.807, 2.05) is 38.1 Å². The van der Waals surface area contributed by atoms with Gasteiger partial charge in [0.25, 0.3) is 0 Å². The van der Waals surface area contributed by atoms with Crippen molar-refractivity contribution in [2.24, 2.45) is 5.41 Å². The fourth-order valence-electron chi connectivity index (χ4n) is 5.27. The highest BCUT2D eigenvalue weighted by molar-refractivity contribution is 7.99. The largest absolute Gasteiger partial charge is 0.386 e. The van der Waals surface area contributed by atoms with Crippen molar-refractivity contribution in [2.75, 3.05) is 5.75 Å². The van der Waals surface area contributed by atoms with Crippen molar-refractivity contribution in [3.63, 3.8) is 0 Å². The maximum atomic E-state index is 10.7. The summed E-state index contributed by atoms with van der Waals surface area (Å²) in [6.45, 7) is 6.10. The Morgan fingerprint density at radius 2 is 1.77 bits per heavy atom. The number of aromatic nitrogens is 1. The summed E-state index contributed by atoms with van der Waals surface area (Å²) in [5.74, 6) is 1.21. The summed E-state index contributed by atoms with van der Waals surface area (Å²) >= 11 is 8.30. The van der Waals surface area contributed by atoms with E-state index in [9.17, 15) is 5.11 Å². The molecule has 1 atom stereocenters. The molecule has 1 aliphatic rings. The highest BCUT2D eigenvalue weighted by Crippen LogP contribution is 2.53. The van der Waals surface area contributed by atoms with Gasteiger partial charge in [-0.2, -0.15) is 11.8 Å². The van der Waals surface area contributed by atoms with Crippen LogP contribution in [0.4, 0.5) is 0 Å². The molecule has 0 spiro atoms. The Labute approximate surface area is 249 Å².